The molecule has 2 aromatic heterocycles. The van der Waals surface area contributed by atoms with E-state index in [4.69, 9.17) is 4.52 Å². The van der Waals surface area contributed by atoms with Crippen LogP contribution in [0, 0.1) is 0 Å². The van der Waals surface area contributed by atoms with Crippen LogP contribution in [0.1, 0.15) is 33.9 Å². The number of thiazole rings is 1. The first kappa shape index (κ1) is 12.5. The number of benzene rings is 1. The Hall–Kier alpha value is -2.21. The third-order valence-electron chi connectivity index (χ3n) is 3.68. The number of nitrogens with one attached hydrogen (secondary N) is 1. The van der Waals surface area contributed by atoms with Gasteiger partial charge in [-0.3, -0.25) is 10.1 Å². The molecule has 106 valence electrons. The van der Waals surface area contributed by atoms with Crippen molar-refractivity contribution >= 4 is 33.3 Å². The summed E-state index contributed by atoms with van der Waals surface area (Å²) < 4.78 is 6.28. The van der Waals surface area contributed by atoms with Crippen molar-refractivity contribution in [3.63, 3.8) is 0 Å². The van der Waals surface area contributed by atoms with Crippen molar-refractivity contribution in [2.45, 2.75) is 25.7 Å². The van der Waals surface area contributed by atoms with Crippen molar-refractivity contribution in [3.8, 4) is 0 Å². The Kier molecular flexibility index (Phi) is 2.96. The van der Waals surface area contributed by atoms with Crippen LogP contribution in [0.5, 0.6) is 0 Å². The molecule has 4 rings (SSSR count). The van der Waals surface area contributed by atoms with Crippen molar-refractivity contribution in [1.82, 2.24) is 10.1 Å². The molecule has 0 fully saturated rings. The molecule has 0 unspecified atom stereocenters. The number of rotatable bonds is 2. The van der Waals surface area contributed by atoms with Crippen molar-refractivity contribution in [2.24, 2.45) is 0 Å². The van der Waals surface area contributed by atoms with E-state index in [1.54, 1.807) is 0 Å². The third-order valence-corrected chi connectivity index (χ3v) is 4.71. The Labute approximate surface area is 125 Å². The molecule has 5 nitrogen and oxygen atoms in total. The predicted molar refractivity (Wildman–Crippen MR) is 80.7 cm³/mol. The number of aryl methyl sites for hydroxylation is 1. The first-order valence-corrected chi connectivity index (χ1v) is 7.77. The molecular weight excluding hydrogens is 286 g/mol. The number of hydrogen-bond donors (Lipinski definition) is 1. The normalized spacial score (nSPS) is 14.1. The molecule has 1 aliphatic rings. The SMILES string of the molecule is O=C(Nc1onc2c1CCCC2)c1nc2ccccc2s1. The second-order valence-corrected chi connectivity index (χ2v) is 6.12. The predicted octanol–water partition coefficient (Wildman–Crippen LogP) is 3.42. The van der Waals surface area contributed by atoms with Crippen molar-refractivity contribution in [1.29, 1.82) is 0 Å². The molecule has 0 spiro atoms. The van der Waals surface area contributed by atoms with Crippen LogP contribution in [0.15, 0.2) is 28.8 Å². The number of para-hydroxylation sites is 1. The second-order valence-electron chi connectivity index (χ2n) is 5.08. The summed E-state index contributed by atoms with van der Waals surface area (Å²) in [7, 11) is 0. The maximum absolute atomic E-state index is 12.3. The zero-order valence-corrected chi connectivity index (χ0v) is 12.1. The van der Waals surface area contributed by atoms with Crippen LogP contribution >= 0.6 is 11.3 Å². The van der Waals surface area contributed by atoms with Crippen molar-refractivity contribution in [3.05, 3.63) is 40.5 Å². The molecule has 3 aromatic rings. The van der Waals surface area contributed by atoms with Gasteiger partial charge in [0.2, 0.25) is 5.88 Å². The number of carbonyl (C=O) groups is 1. The van der Waals surface area contributed by atoms with Gasteiger partial charge in [-0.1, -0.05) is 17.3 Å². The maximum atomic E-state index is 12.3. The summed E-state index contributed by atoms with van der Waals surface area (Å²) in [5.41, 5.74) is 2.85. The fourth-order valence-corrected chi connectivity index (χ4v) is 3.48. The highest BCUT2D eigenvalue weighted by Crippen LogP contribution is 2.28. The van der Waals surface area contributed by atoms with Gasteiger partial charge in [0, 0.05) is 5.56 Å². The Bertz CT molecular complexity index is 788. The Morgan fingerprint density at radius 3 is 3.00 bits per heavy atom. The lowest BCUT2D eigenvalue weighted by molar-refractivity contribution is 0.102. The van der Waals surface area contributed by atoms with E-state index in [0.29, 0.717) is 10.9 Å². The fourth-order valence-electron chi connectivity index (χ4n) is 2.61. The summed E-state index contributed by atoms with van der Waals surface area (Å²) in [6.45, 7) is 0. The van der Waals surface area contributed by atoms with Gasteiger partial charge in [-0.2, -0.15) is 0 Å². The minimum Gasteiger partial charge on any atom is -0.338 e. The molecule has 0 saturated heterocycles. The Balaban J connectivity index is 1.62. The maximum Gasteiger partial charge on any atom is 0.287 e. The van der Waals surface area contributed by atoms with E-state index in [-0.39, 0.29) is 5.91 Å². The highest BCUT2D eigenvalue weighted by molar-refractivity contribution is 7.20. The molecule has 0 radical (unpaired) electrons. The van der Waals surface area contributed by atoms with Crippen LogP contribution < -0.4 is 5.32 Å². The first-order chi connectivity index (χ1) is 10.3. The molecule has 1 aromatic carbocycles. The Morgan fingerprint density at radius 2 is 2.10 bits per heavy atom. The monoisotopic (exact) mass is 299 g/mol. The van der Waals surface area contributed by atoms with Gasteiger partial charge in [-0.25, -0.2) is 4.98 Å². The van der Waals surface area contributed by atoms with Gasteiger partial charge in [0.05, 0.1) is 15.9 Å². The molecule has 21 heavy (non-hydrogen) atoms. The molecule has 2 heterocycles. The Morgan fingerprint density at radius 1 is 1.24 bits per heavy atom. The largest absolute Gasteiger partial charge is 0.338 e. The molecule has 1 amide bonds. The van der Waals surface area contributed by atoms with Gasteiger partial charge in [-0.15, -0.1) is 11.3 Å². The van der Waals surface area contributed by atoms with Gasteiger partial charge < -0.3 is 4.52 Å². The highest BCUT2D eigenvalue weighted by Gasteiger charge is 2.22. The van der Waals surface area contributed by atoms with Crippen LogP contribution in [0.3, 0.4) is 0 Å². The van der Waals surface area contributed by atoms with Gasteiger partial charge >= 0.3 is 0 Å². The van der Waals surface area contributed by atoms with E-state index in [1.165, 1.54) is 11.3 Å². The minimum absolute atomic E-state index is 0.235. The standard InChI is InChI=1S/C15H13N3O2S/c19-13(15-16-11-7-3-4-8-12(11)21-15)17-14-9-5-1-2-6-10(9)18-20-14/h3-4,7-8H,1-2,5-6H2,(H,17,19). The van der Waals surface area contributed by atoms with Gasteiger partial charge in [0.15, 0.2) is 5.01 Å². The molecule has 1 aliphatic carbocycles. The van der Waals surface area contributed by atoms with Crippen molar-refractivity contribution < 1.29 is 9.32 Å². The van der Waals surface area contributed by atoms with E-state index < -0.39 is 0 Å². The summed E-state index contributed by atoms with van der Waals surface area (Å²) >= 11 is 1.38. The number of carbonyl (C=O) groups excluding carboxylic acids is 1. The molecule has 0 aliphatic heterocycles. The third kappa shape index (κ3) is 2.21. The highest BCUT2D eigenvalue weighted by atomic mass is 32.1. The average Bonchev–Trinajstić information content (AvgIpc) is 3.11. The molecule has 0 atom stereocenters. The van der Waals surface area contributed by atoms with Crippen molar-refractivity contribution in [2.75, 3.05) is 5.32 Å². The van der Waals surface area contributed by atoms with E-state index >= 15 is 0 Å². The topological polar surface area (TPSA) is 68.0 Å². The van der Waals surface area contributed by atoms with E-state index in [0.717, 1.165) is 47.2 Å². The smallest absolute Gasteiger partial charge is 0.287 e. The van der Waals surface area contributed by atoms with E-state index in [1.807, 2.05) is 24.3 Å². The number of aromatic nitrogens is 2. The van der Waals surface area contributed by atoms with E-state index in [9.17, 15) is 4.79 Å². The van der Waals surface area contributed by atoms with Crippen LogP contribution in [-0.2, 0) is 12.8 Å². The summed E-state index contributed by atoms with van der Waals surface area (Å²) in [6.07, 6.45) is 4.08. The summed E-state index contributed by atoms with van der Waals surface area (Å²) in [6, 6.07) is 7.71. The van der Waals surface area contributed by atoms with Crippen LogP contribution in [0.25, 0.3) is 10.2 Å². The summed E-state index contributed by atoms with van der Waals surface area (Å²) in [4.78, 5) is 16.7. The molecule has 6 heteroatoms. The summed E-state index contributed by atoms with van der Waals surface area (Å²) in [5, 5.41) is 7.29. The second kappa shape index (κ2) is 4.96. The molecular formula is C15H13N3O2S. The lowest BCUT2D eigenvalue weighted by Crippen LogP contribution is -2.13. The number of hydrogen-bond acceptors (Lipinski definition) is 5. The minimum atomic E-state index is -0.235. The number of anilines is 1. The number of nitrogens with zero attached hydrogens (tertiary/aromatic N) is 2. The molecule has 1 N–H and O–H groups in total. The van der Waals surface area contributed by atoms with Crippen LogP contribution in [0.2, 0.25) is 0 Å². The first-order valence-electron chi connectivity index (χ1n) is 6.95. The van der Waals surface area contributed by atoms with E-state index in [2.05, 4.69) is 15.5 Å². The zero-order chi connectivity index (χ0) is 14.2. The van der Waals surface area contributed by atoms with Crippen LogP contribution in [-0.4, -0.2) is 16.0 Å². The molecule has 0 bridgehead atoms. The number of fused-ring (bicyclic) bond motifs is 2. The lowest BCUT2D eigenvalue weighted by atomic mass is 9.98. The molecule has 0 saturated carbocycles. The fraction of sp³-hybridized carbons (Fsp3) is 0.267. The van der Waals surface area contributed by atoms with Crippen LogP contribution in [0.4, 0.5) is 5.88 Å². The van der Waals surface area contributed by atoms with Gasteiger partial charge in [0.25, 0.3) is 5.91 Å². The van der Waals surface area contributed by atoms with Gasteiger partial charge in [-0.05, 0) is 37.8 Å². The zero-order valence-electron chi connectivity index (χ0n) is 11.3. The lowest BCUT2D eigenvalue weighted by Gasteiger charge is -2.08. The van der Waals surface area contributed by atoms with Gasteiger partial charge in [0.1, 0.15) is 0 Å². The quantitative estimate of drug-likeness (QED) is 0.787. The summed E-state index contributed by atoms with van der Waals surface area (Å²) in [5.74, 6) is 0.245. The number of amides is 1. The average molecular weight is 299 g/mol.